The summed E-state index contributed by atoms with van der Waals surface area (Å²) in [7, 11) is 3.70. The first kappa shape index (κ1) is 19.0. The van der Waals surface area contributed by atoms with Gasteiger partial charge in [-0.3, -0.25) is 4.90 Å². The minimum absolute atomic E-state index is 0.140. The Morgan fingerprint density at radius 1 is 1.26 bits per heavy atom. The summed E-state index contributed by atoms with van der Waals surface area (Å²) in [6.07, 6.45) is 3.13. The second-order valence-electron chi connectivity index (χ2n) is 6.29. The summed E-state index contributed by atoms with van der Waals surface area (Å²) in [5.41, 5.74) is 0.463. The number of nitrogens with zero attached hydrogens (tertiary/aromatic N) is 4. The highest BCUT2D eigenvalue weighted by Crippen LogP contribution is 2.23. The zero-order valence-electron chi connectivity index (χ0n) is 15.3. The van der Waals surface area contributed by atoms with Crippen LogP contribution >= 0.6 is 11.6 Å². The number of hydrogen-bond acceptors (Lipinski definition) is 5. The van der Waals surface area contributed by atoms with Crippen LogP contribution in [0.5, 0.6) is 5.88 Å². The van der Waals surface area contributed by atoms with Crippen LogP contribution in [0.1, 0.15) is 25.3 Å². The molecule has 0 saturated carbocycles. The van der Waals surface area contributed by atoms with Crippen molar-refractivity contribution in [1.82, 2.24) is 14.1 Å². The number of rotatable bonds is 6. The molecular formula is C19H21ClN4O3. The van der Waals surface area contributed by atoms with E-state index in [-0.39, 0.29) is 12.0 Å². The number of halogens is 1. The van der Waals surface area contributed by atoms with E-state index < -0.39 is 5.69 Å². The van der Waals surface area contributed by atoms with Crippen molar-refractivity contribution in [2.75, 3.05) is 14.1 Å². The summed E-state index contributed by atoms with van der Waals surface area (Å²) in [5.74, 6) is 1.01. The molecule has 142 valence electrons. The first-order valence-corrected chi connectivity index (χ1v) is 8.88. The van der Waals surface area contributed by atoms with Gasteiger partial charge >= 0.3 is 5.69 Å². The van der Waals surface area contributed by atoms with Gasteiger partial charge in [0.05, 0.1) is 18.6 Å². The van der Waals surface area contributed by atoms with Crippen molar-refractivity contribution in [3.05, 3.63) is 63.9 Å². The molecule has 0 amide bonds. The number of hydrogen-bond donors (Lipinski definition) is 1. The molecule has 0 aliphatic carbocycles. The highest BCUT2D eigenvalue weighted by molar-refractivity contribution is 6.30. The lowest BCUT2D eigenvalue weighted by Gasteiger charge is -2.23. The molecule has 8 heteroatoms. The van der Waals surface area contributed by atoms with E-state index in [0.29, 0.717) is 23.0 Å². The Morgan fingerprint density at radius 2 is 1.96 bits per heavy atom. The summed E-state index contributed by atoms with van der Waals surface area (Å²) in [4.78, 5) is 14.4. The molecule has 27 heavy (non-hydrogen) atoms. The molecule has 1 aromatic carbocycles. The van der Waals surface area contributed by atoms with E-state index in [4.69, 9.17) is 16.0 Å². The summed E-state index contributed by atoms with van der Waals surface area (Å²) < 4.78 is 8.12. The van der Waals surface area contributed by atoms with Gasteiger partial charge in [0, 0.05) is 10.6 Å². The number of imidazole rings is 1. The second kappa shape index (κ2) is 7.85. The van der Waals surface area contributed by atoms with Gasteiger partial charge in [-0.2, -0.15) is 9.78 Å². The van der Waals surface area contributed by atoms with Gasteiger partial charge in [-0.15, -0.1) is 0 Å². The fourth-order valence-corrected chi connectivity index (χ4v) is 3.01. The summed E-state index contributed by atoms with van der Waals surface area (Å²) in [6, 6.07) is 10.9. The average molecular weight is 389 g/mol. The van der Waals surface area contributed by atoms with E-state index in [0.717, 1.165) is 10.2 Å². The average Bonchev–Trinajstić information content (AvgIpc) is 3.21. The van der Waals surface area contributed by atoms with Crippen LogP contribution < -0.4 is 5.69 Å². The van der Waals surface area contributed by atoms with Crippen LogP contribution in [-0.4, -0.2) is 39.6 Å². The smallest absolute Gasteiger partial charge is 0.353 e. The Labute approximate surface area is 161 Å². The molecule has 0 saturated heterocycles. The van der Waals surface area contributed by atoms with Gasteiger partial charge in [0.25, 0.3) is 0 Å². The lowest BCUT2D eigenvalue weighted by Crippen LogP contribution is -2.33. The maximum absolute atomic E-state index is 12.6. The van der Waals surface area contributed by atoms with Crippen LogP contribution in [0.15, 0.2) is 56.9 Å². The van der Waals surface area contributed by atoms with E-state index in [1.54, 1.807) is 18.2 Å². The van der Waals surface area contributed by atoms with Crippen molar-refractivity contribution in [2.45, 2.75) is 19.5 Å². The predicted molar refractivity (Wildman–Crippen MR) is 106 cm³/mol. The third kappa shape index (κ3) is 3.99. The number of benzene rings is 1. The van der Waals surface area contributed by atoms with Gasteiger partial charge in [0.15, 0.2) is 0 Å². The molecule has 0 radical (unpaired) electrons. The minimum atomic E-state index is -0.422. The molecule has 7 nitrogen and oxygen atoms in total. The summed E-state index contributed by atoms with van der Waals surface area (Å²) in [5, 5.41) is 14.9. The molecule has 1 atom stereocenters. The van der Waals surface area contributed by atoms with Crippen LogP contribution in [0.25, 0.3) is 11.3 Å². The van der Waals surface area contributed by atoms with E-state index in [1.165, 1.54) is 17.0 Å². The van der Waals surface area contributed by atoms with E-state index in [9.17, 15) is 9.90 Å². The van der Waals surface area contributed by atoms with Gasteiger partial charge in [0.1, 0.15) is 11.5 Å². The van der Waals surface area contributed by atoms with Gasteiger partial charge in [-0.25, -0.2) is 9.36 Å². The fourth-order valence-electron chi connectivity index (χ4n) is 2.89. The largest absolute Gasteiger partial charge is 0.493 e. The fraction of sp³-hybridized carbons (Fsp3) is 0.263. The topological polar surface area (TPSA) is 75.9 Å². The molecule has 1 unspecified atom stereocenters. The van der Waals surface area contributed by atoms with E-state index >= 15 is 0 Å². The quantitative estimate of drug-likeness (QED) is 0.654. The van der Waals surface area contributed by atoms with Crippen LogP contribution in [0.2, 0.25) is 5.02 Å². The molecule has 3 aromatic rings. The highest BCUT2D eigenvalue weighted by atomic mass is 35.5. The standard InChI is InChI=1S/C19H21ClN4O3/c1-4-17(22(2)3)24-18(25)12-23(19(24)26)21-11-15-9-10-16(27-15)13-5-7-14(20)8-6-13/h5-12,17,25H,4H2,1-3H3. The normalized spacial score (nSPS) is 12.9. The summed E-state index contributed by atoms with van der Waals surface area (Å²) in [6.45, 7) is 1.94. The van der Waals surface area contributed by atoms with Crippen LogP contribution in [-0.2, 0) is 0 Å². The maximum atomic E-state index is 12.6. The Hall–Kier alpha value is -2.77. The Kier molecular flexibility index (Phi) is 5.53. The molecule has 3 rings (SSSR count). The SMILES string of the molecule is CCC(N(C)C)n1c(O)cn(N=Cc2ccc(-c3ccc(Cl)cc3)o2)c1=O. The van der Waals surface area contributed by atoms with Gasteiger partial charge in [0.2, 0.25) is 5.88 Å². The zero-order chi connectivity index (χ0) is 19.6. The number of furan rings is 1. The van der Waals surface area contributed by atoms with Gasteiger partial charge < -0.3 is 9.52 Å². The molecule has 0 aliphatic rings. The molecule has 1 N–H and O–H groups in total. The molecular weight excluding hydrogens is 368 g/mol. The first-order valence-electron chi connectivity index (χ1n) is 8.50. The van der Waals surface area contributed by atoms with Crippen molar-refractivity contribution >= 4 is 17.8 Å². The van der Waals surface area contributed by atoms with Gasteiger partial charge in [-0.1, -0.05) is 18.5 Å². The predicted octanol–water partition coefficient (Wildman–Crippen LogP) is 3.62. The van der Waals surface area contributed by atoms with Crippen LogP contribution in [0.4, 0.5) is 0 Å². The van der Waals surface area contributed by atoms with Crippen LogP contribution in [0.3, 0.4) is 0 Å². The van der Waals surface area contributed by atoms with Crippen molar-refractivity contribution < 1.29 is 9.52 Å². The second-order valence-corrected chi connectivity index (χ2v) is 6.73. The minimum Gasteiger partial charge on any atom is -0.493 e. The molecule has 0 fully saturated rings. The van der Waals surface area contributed by atoms with Crippen LogP contribution in [0, 0.1) is 0 Å². The number of aromatic hydroxyl groups is 1. The lowest BCUT2D eigenvalue weighted by molar-refractivity contribution is 0.189. The van der Waals surface area contributed by atoms with Crippen molar-refractivity contribution in [3.8, 4) is 17.2 Å². The van der Waals surface area contributed by atoms with Crippen molar-refractivity contribution in [1.29, 1.82) is 0 Å². The van der Waals surface area contributed by atoms with Crippen molar-refractivity contribution in [3.63, 3.8) is 0 Å². The molecule has 2 aromatic heterocycles. The van der Waals surface area contributed by atoms with E-state index in [2.05, 4.69) is 5.10 Å². The first-order chi connectivity index (χ1) is 12.9. The Bertz CT molecular complexity index is 999. The lowest BCUT2D eigenvalue weighted by atomic mass is 10.2. The molecule has 2 heterocycles. The molecule has 0 aliphatic heterocycles. The Balaban J connectivity index is 1.85. The zero-order valence-corrected chi connectivity index (χ0v) is 16.1. The van der Waals surface area contributed by atoms with E-state index in [1.807, 2.05) is 44.1 Å². The van der Waals surface area contributed by atoms with Gasteiger partial charge in [-0.05, 0) is 56.9 Å². The number of aromatic nitrogens is 2. The maximum Gasteiger partial charge on any atom is 0.353 e. The van der Waals surface area contributed by atoms with Crippen molar-refractivity contribution in [2.24, 2.45) is 5.10 Å². The highest BCUT2D eigenvalue weighted by Gasteiger charge is 2.19. The molecule has 0 spiro atoms. The third-order valence-electron chi connectivity index (χ3n) is 4.21. The molecule has 0 bridgehead atoms. The Morgan fingerprint density at radius 3 is 2.59 bits per heavy atom. The third-order valence-corrected chi connectivity index (χ3v) is 4.46. The monoisotopic (exact) mass is 388 g/mol. The summed E-state index contributed by atoms with van der Waals surface area (Å²) >= 11 is 5.89.